The minimum Gasteiger partial charge on any atom is -0.444 e. The first kappa shape index (κ1) is 79.2. The van der Waals surface area contributed by atoms with Crippen molar-refractivity contribution in [1.29, 1.82) is 0 Å². The number of hydrogen-bond donors (Lipinski definition) is 4. The molecule has 8 amide bonds. The fourth-order valence-corrected chi connectivity index (χ4v) is 20.1. The van der Waals surface area contributed by atoms with E-state index in [1.165, 1.54) is 9.80 Å². The molecule has 4 bridgehead atoms. The number of carbonyl (C=O) groups is 8. The van der Waals surface area contributed by atoms with E-state index in [9.17, 15) is 38.4 Å². The summed E-state index contributed by atoms with van der Waals surface area (Å²) in [7, 11) is -1.21. The van der Waals surface area contributed by atoms with Crippen molar-refractivity contribution in [2.45, 2.75) is 333 Å². The van der Waals surface area contributed by atoms with Gasteiger partial charge in [-0.05, 0) is 176 Å². The van der Waals surface area contributed by atoms with Crippen molar-refractivity contribution < 1.29 is 75.9 Å². The maximum absolute atomic E-state index is 14.5. The van der Waals surface area contributed by atoms with Crippen LogP contribution < -0.4 is 21.3 Å². The standard InChI is InChI=1S/C41H61BN4O8.C41H59BN4O8/c2*1-39(2,3)52-37(49)43-30-18-12-10-8-7-9-11-13-19-34(42-53-33-21-28-20-32(40(28,4)5)41(33,6)54-42)44-35(47)31-22-29(25-46(31)36(30)48)51-38(50)45-23-26-16-14-15-17-27(26)24-45/h14-17,28-34H,7-13,18-25H2,1-6H3,(H,43,49)(H,44,47);10,12,14-17,28-34H,7-9,11,13,18-25H2,1-6H3,(H,43,49)(H,44,47)/b;12-10-/t2*28?,29-,30+,31+,32?,33?,34-,41?/m11/s1. The number of fused-ring (bicyclic) bond motifs is 4. The van der Waals surface area contributed by atoms with Gasteiger partial charge in [0.05, 0.1) is 48.4 Å². The zero-order valence-electron chi connectivity index (χ0n) is 66.1. The van der Waals surface area contributed by atoms with Gasteiger partial charge in [-0.1, -0.05) is 153 Å². The van der Waals surface area contributed by atoms with Crippen LogP contribution in [0.5, 0.6) is 0 Å². The average molecular weight is 1500 g/mol. The topological polar surface area (TPSA) is 271 Å². The molecule has 0 spiro atoms. The molecule has 590 valence electrons. The molecule has 6 aliphatic carbocycles. The molecule has 8 unspecified atom stereocenters. The Kier molecular flexibility index (Phi) is 23.5. The molecule has 24 nitrogen and oxygen atoms in total. The highest BCUT2D eigenvalue weighted by Crippen LogP contribution is 2.67. The van der Waals surface area contributed by atoms with Gasteiger partial charge in [0.25, 0.3) is 0 Å². The molecule has 26 heteroatoms. The summed E-state index contributed by atoms with van der Waals surface area (Å²) in [4.78, 5) is 117. The summed E-state index contributed by atoms with van der Waals surface area (Å²) < 4.78 is 50.3. The van der Waals surface area contributed by atoms with E-state index in [4.69, 9.17) is 37.6 Å². The molecule has 16 atom stereocenters. The molecule has 16 rings (SSSR count). The van der Waals surface area contributed by atoms with Crippen LogP contribution in [-0.4, -0.2) is 178 Å². The molecule has 11 fully saturated rings. The number of ether oxygens (including phenoxy) is 4. The van der Waals surface area contributed by atoms with Crippen LogP contribution in [0.1, 0.15) is 247 Å². The molecule has 8 heterocycles. The fourth-order valence-electron chi connectivity index (χ4n) is 20.1. The molecule has 8 aliphatic heterocycles. The Labute approximate surface area is 640 Å². The summed E-state index contributed by atoms with van der Waals surface area (Å²) in [5.74, 6) is -0.377. The molecule has 2 aromatic rings. The average Bonchev–Trinajstić information content (AvgIpc) is 1.45. The summed E-state index contributed by atoms with van der Waals surface area (Å²) in [5, 5.41) is 12.2. The van der Waals surface area contributed by atoms with Gasteiger partial charge in [0.15, 0.2) is 0 Å². The highest BCUT2D eigenvalue weighted by molar-refractivity contribution is 6.48. The summed E-state index contributed by atoms with van der Waals surface area (Å²) >= 11 is 0. The number of alkyl carbamates (subject to hydrolysis) is 2. The Morgan fingerprint density at radius 3 is 1.28 bits per heavy atom. The lowest BCUT2D eigenvalue weighted by molar-refractivity contribution is -0.199. The van der Waals surface area contributed by atoms with Crippen molar-refractivity contribution in [2.75, 3.05) is 13.1 Å². The Morgan fingerprint density at radius 2 is 0.870 bits per heavy atom. The Hall–Kier alpha value is -6.89. The van der Waals surface area contributed by atoms with E-state index in [-0.39, 0.29) is 73.1 Å². The van der Waals surface area contributed by atoms with Crippen LogP contribution >= 0.6 is 0 Å². The van der Waals surface area contributed by atoms with Crippen molar-refractivity contribution in [1.82, 2.24) is 40.9 Å². The Balaban J connectivity index is 0.000000190. The van der Waals surface area contributed by atoms with E-state index in [0.29, 0.717) is 69.1 Å². The van der Waals surface area contributed by atoms with E-state index < -0.39 is 115 Å². The van der Waals surface area contributed by atoms with Gasteiger partial charge >= 0.3 is 38.6 Å². The molecule has 4 N–H and O–H groups in total. The van der Waals surface area contributed by atoms with Gasteiger partial charge in [0, 0.05) is 39.0 Å². The zero-order valence-corrected chi connectivity index (χ0v) is 66.1. The lowest BCUT2D eigenvalue weighted by atomic mass is 9.43. The smallest absolute Gasteiger partial charge is 0.444 e. The van der Waals surface area contributed by atoms with Gasteiger partial charge in [0.2, 0.25) is 23.6 Å². The van der Waals surface area contributed by atoms with E-state index in [0.717, 1.165) is 125 Å². The second-order valence-corrected chi connectivity index (χ2v) is 36.8. The van der Waals surface area contributed by atoms with Crippen molar-refractivity contribution in [3.05, 3.63) is 82.9 Å². The van der Waals surface area contributed by atoms with E-state index in [1.54, 1.807) is 51.3 Å². The lowest BCUT2D eigenvalue weighted by Gasteiger charge is -2.64. The number of benzene rings is 2. The van der Waals surface area contributed by atoms with Gasteiger partial charge < -0.3 is 68.6 Å². The van der Waals surface area contributed by atoms with Crippen LogP contribution in [0.2, 0.25) is 0 Å². The Bertz CT molecular complexity index is 3630. The fraction of sp³-hybridized carbons (Fsp3) is 0.732. The molecule has 5 saturated heterocycles. The number of hydrogen-bond acceptors (Lipinski definition) is 16. The Morgan fingerprint density at radius 1 is 0.491 bits per heavy atom. The minimum atomic E-state index is -0.989. The van der Waals surface area contributed by atoms with E-state index in [1.807, 2.05) is 60.7 Å². The molecule has 14 aliphatic rings. The highest BCUT2D eigenvalue weighted by Gasteiger charge is 2.70. The first-order chi connectivity index (χ1) is 51.2. The second-order valence-electron chi connectivity index (χ2n) is 36.8. The predicted molar refractivity (Wildman–Crippen MR) is 406 cm³/mol. The largest absolute Gasteiger partial charge is 0.481 e. The number of nitrogens with one attached hydrogen (secondary N) is 4. The van der Waals surface area contributed by atoms with Gasteiger partial charge in [-0.15, -0.1) is 0 Å². The zero-order chi connectivity index (χ0) is 76.8. The maximum atomic E-state index is 14.5. The minimum absolute atomic E-state index is 0.0129. The van der Waals surface area contributed by atoms with Crippen LogP contribution in [0.15, 0.2) is 60.7 Å². The summed E-state index contributed by atoms with van der Waals surface area (Å²) in [6, 6.07) is 12.1. The SMILES string of the molecule is CC(C)(C)OC(=O)N[C@H]1C/C=C\CCCCCC[C@H](B2OC3CC4CC(C4(C)C)C3(C)O2)NC(=O)[C@@H]2C[C@@H](OC(=O)N3Cc4ccccc4C3)CN2C1=O.CC(C)(C)OC(=O)N[C@H]1CCCCCCCCC[C@H](B2OC3CC4CC(C4(C)C)C3(C)O2)NC(=O)[C@@H]2C[C@@H](OC(=O)N3Cc4ccccc4C3)CN2C1=O. The van der Waals surface area contributed by atoms with Crippen LogP contribution in [0.25, 0.3) is 0 Å². The van der Waals surface area contributed by atoms with Gasteiger partial charge in [-0.25, -0.2) is 19.2 Å². The van der Waals surface area contributed by atoms with Crippen molar-refractivity contribution in [2.24, 2.45) is 34.5 Å². The van der Waals surface area contributed by atoms with Crippen molar-refractivity contribution >= 4 is 62.2 Å². The molecule has 6 saturated carbocycles. The molecule has 0 radical (unpaired) electrons. The monoisotopic (exact) mass is 1490 g/mol. The summed E-state index contributed by atoms with van der Waals surface area (Å²) in [5.41, 5.74) is 2.29. The van der Waals surface area contributed by atoms with Gasteiger partial charge in [-0.3, -0.25) is 29.0 Å². The number of allylic oxidation sites excluding steroid dienone is 1. The highest BCUT2D eigenvalue weighted by atomic mass is 16.7. The predicted octanol–water partition coefficient (Wildman–Crippen LogP) is 12.3. The number of amides is 8. The number of carbonyl (C=O) groups excluding carboxylic acids is 8. The molecular weight excluding hydrogens is 1370 g/mol. The normalized spacial score (nSPS) is 34.4. The summed E-state index contributed by atoms with van der Waals surface area (Å²) in [6.45, 7) is 26.1. The van der Waals surface area contributed by atoms with Crippen LogP contribution in [0.3, 0.4) is 0 Å². The lowest BCUT2D eigenvalue weighted by Crippen LogP contribution is -2.65. The quantitative estimate of drug-likeness (QED) is 0.119. The molecule has 2 aromatic carbocycles. The van der Waals surface area contributed by atoms with Gasteiger partial charge in [0.1, 0.15) is 47.6 Å². The third-order valence-electron chi connectivity index (χ3n) is 26.3. The van der Waals surface area contributed by atoms with Gasteiger partial charge in [-0.2, -0.15) is 0 Å². The summed E-state index contributed by atoms with van der Waals surface area (Å²) in [6.07, 6.45) is 18.1. The van der Waals surface area contributed by atoms with Crippen molar-refractivity contribution in [3.63, 3.8) is 0 Å². The van der Waals surface area contributed by atoms with E-state index >= 15 is 0 Å². The molecule has 108 heavy (non-hydrogen) atoms. The first-order valence-electron chi connectivity index (χ1n) is 40.8. The second kappa shape index (κ2) is 32.1. The van der Waals surface area contributed by atoms with E-state index in [2.05, 4.69) is 62.8 Å². The van der Waals surface area contributed by atoms with Crippen LogP contribution in [0, 0.1) is 34.5 Å². The number of nitrogens with zero attached hydrogens (tertiary/aromatic N) is 4. The van der Waals surface area contributed by atoms with Crippen LogP contribution in [0.4, 0.5) is 19.2 Å². The molecule has 0 aromatic heterocycles. The third-order valence-corrected chi connectivity index (χ3v) is 26.3. The third kappa shape index (κ3) is 17.3. The first-order valence-corrected chi connectivity index (χ1v) is 40.8. The number of rotatable bonds is 6. The molecular formula is C82H120B2N8O16. The van der Waals surface area contributed by atoms with Crippen molar-refractivity contribution in [3.8, 4) is 0 Å². The maximum Gasteiger partial charge on any atom is 0.481 e. The van der Waals surface area contributed by atoms with Crippen LogP contribution in [-0.2, 0) is 82.9 Å².